The van der Waals surface area contributed by atoms with Crippen molar-refractivity contribution in [3.05, 3.63) is 51.9 Å². The number of piperidine rings is 1. The number of nitrogens with zero attached hydrogens (tertiary/aromatic N) is 3. The van der Waals surface area contributed by atoms with E-state index in [0.717, 1.165) is 37.4 Å². The molecule has 0 bridgehead atoms. The van der Waals surface area contributed by atoms with Crippen LogP contribution in [0.1, 0.15) is 12.8 Å². The lowest BCUT2D eigenvalue weighted by Crippen LogP contribution is -2.39. The van der Waals surface area contributed by atoms with Crippen LogP contribution < -0.4 is 15.2 Å². The van der Waals surface area contributed by atoms with E-state index in [1.54, 1.807) is 13.2 Å². The third-order valence-corrected chi connectivity index (χ3v) is 4.50. The molecule has 0 amide bonds. The normalized spacial score (nSPS) is 18.0. The maximum Gasteiger partial charge on any atom is 0.287 e. The Hall–Kier alpha value is -2.01. The lowest BCUT2D eigenvalue weighted by molar-refractivity contribution is 0.229. The predicted molar refractivity (Wildman–Crippen MR) is 91.4 cm³/mol. The monoisotopic (exact) mass is 333 g/mol. The number of aromatic nitrogens is 2. The first-order chi connectivity index (χ1) is 11.1. The molecular weight excluding hydrogens is 314 g/mol. The van der Waals surface area contributed by atoms with Crippen LogP contribution in [0.4, 0.5) is 5.69 Å². The molecular formula is C17H20ClN3O2. The van der Waals surface area contributed by atoms with Gasteiger partial charge in [-0.3, -0.25) is 4.79 Å². The molecule has 6 heteroatoms. The summed E-state index contributed by atoms with van der Waals surface area (Å²) >= 11 is 6.21. The summed E-state index contributed by atoms with van der Waals surface area (Å²) in [5.41, 5.74) is 0.464. The van der Waals surface area contributed by atoms with Gasteiger partial charge in [0.2, 0.25) is 0 Å². The minimum Gasteiger partial charge on any atom is -0.493 e. The first-order valence-corrected chi connectivity index (χ1v) is 8.17. The van der Waals surface area contributed by atoms with Crippen LogP contribution in [0.25, 0.3) is 0 Å². The van der Waals surface area contributed by atoms with E-state index in [0.29, 0.717) is 12.5 Å². The largest absolute Gasteiger partial charge is 0.493 e. The Bertz CT molecular complexity index is 718. The van der Waals surface area contributed by atoms with Crippen LogP contribution in [-0.2, 0) is 7.05 Å². The zero-order chi connectivity index (χ0) is 16.2. The lowest BCUT2D eigenvalue weighted by atomic mass is 9.98. The molecule has 1 atom stereocenters. The summed E-state index contributed by atoms with van der Waals surface area (Å²) in [6.45, 7) is 2.37. The van der Waals surface area contributed by atoms with Gasteiger partial charge in [0.05, 0.1) is 18.5 Å². The molecule has 1 saturated heterocycles. The molecule has 3 rings (SSSR count). The average Bonchev–Trinajstić information content (AvgIpc) is 2.59. The Balaban J connectivity index is 1.67. The smallest absolute Gasteiger partial charge is 0.287 e. The Morgan fingerprint density at radius 1 is 1.35 bits per heavy atom. The van der Waals surface area contributed by atoms with Crippen molar-refractivity contribution in [2.24, 2.45) is 13.0 Å². The molecule has 1 aromatic heterocycles. The average molecular weight is 334 g/mol. The van der Waals surface area contributed by atoms with E-state index in [-0.39, 0.29) is 10.6 Å². The van der Waals surface area contributed by atoms with E-state index >= 15 is 0 Å². The number of hydrogen-bond donors (Lipinski definition) is 0. The summed E-state index contributed by atoms with van der Waals surface area (Å²) < 4.78 is 7.12. The number of ether oxygens (including phenoxy) is 1. The van der Waals surface area contributed by atoms with Crippen molar-refractivity contribution in [1.82, 2.24) is 9.78 Å². The molecule has 1 unspecified atom stereocenters. The molecule has 0 N–H and O–H groups in total. The summed E-state index contributed by atoms with van der Waals surface area (Å²) in [5, 5.41) is 4.32. The topological polar surface area (TPSA) is 47.4 Å². The first kappa shape index (κ1) is 15.9. The first-order valence-electron chi connectivity index (χ1n) is 7.80. The summed E-state index contributed by atoms with van der Waals surface area (Å²) in [6.07, 6.45) is 3.83. The molecule has 1 aliphatic rings. The van der Waals surface area contributed by atoms with E-state index < -0.39 is 0 Å². The van der Waals surface area contributed by atoms with E-state index in [1.165, 1.54) is 4.68 Å². The Morgan fingerprint density at radius 2 is 2.13 bits per heavy atom. The molecule has 1 aliphatic heterocycles. The van der Waals surface area contributed by atoms with E-state index in [2.05, 4.69) is 10.00 Å². The maximum absolute atomic E-state index is 11.9. The zero-order valence-corrected chi connectivity index (χ0v) is 13.9. The van der Waals surface area contributed by atoms with Gasteiger partial charge in [0.1, 0.15) is 10.8 Å². The highest BCUT2D eigenvalue weighted by atomic mass is 35.5. The molecule has 2 aromatic rings. The van der Waals surface area contributed by atoms with Gasteiger partial charge in [-0.05, 0) is 25.0 Å². The predicted octanol–water partition coefficient (Wildman–Crippen LogP) is 2.73. The van der Waals surface area contributed by atoms with E-state index in [1.807, 2.05) is 30.3 Å². The lowest BCUT2D eigenvalue weighted by Gasteiger charge is -2.34. The molecule has 1 aromatic carbocycles. The highest BCUT2D eigenvalue weighted by molar-refractivity contribution is 6.33. The number of para-hydroxylation sites is 1. The SMILES string of the molecule is Cn1ncc(N2CCCC(COc3ccccc3)C2)c(Cl)c1=O. The number of anilines is 1. The molecule has 0 aliphatic carbocycles. The summed E-state index contributed by atoms with van der Waals surface area (Å²) in [6, 6.07) is 9.83. The second-order valence-electron chi connectivity index (χ2n) is 5.85. The third kappa shape index (κ3) is 3.67. The summed E-state index contributed by atoms with van der Waals surface area (Å²) in [4.78, 5) is 14.1. The van der Waals surface area contributed by atoms with Crippen LogP contribution in [0.15, 0.2) is 41.3 Å². The fourth-order valence-corrected chi connectivity index (χ4v) is 3.16. The number of hydrogen-bond acceptors (Lipinski definition) is 4. The van der Waals surface area contributed by atoms with Gasteiger partial charge in [0.25, 0.3) is 5.56 Å². The minimum absolute atomic E-state index is 0.243. The molecule has 0 spiro atoms. The van der Waals surface area contributed by atoms with Gasteiger partial charge < -0.3 is 9.64 Å². The van der Waals surface area contributed by atoms with Crippen LogP contribution >= 0.6 is 11.6 Å². The number of benzene rings is 1. The standard InChI is InChI=1S/C17H20ClN3O2/c1-20-17(22)16(18)15(10-19-20)21-9-5-6-13(11-21)12-23-14-7-3-2-4-8-14/h2-4,7-8,10,13H,5-6,9,11-12H2,1H3. The molecule has 5 nitrogen and oxygen atoms in total. The van der Waals surface area contributed by atoms with E-state index in [9.17, 15) is 4.79 Å². The van der Waals surface area contributed by atoms with Gasteiger partial charge in [-0.2, -0.15) is 5.10 Å². The number of rotatable bonds is 4. The minimum atomic E-state index is -0.258. The van der Waals surface area contributed by atoms with Gasteiger partial charge in [0.15, 0.2) is 0 Å². The molecule has 1 fully saturated rings. The van der Waals surface area contributed by atoms with Crippen molar-refractivity contribution in [1.29, 1.82) is 0 Å². The summed E-state index contributed by atoms with van der Waals surface area (Å²) in [5.74, 6) is 1.29. The van der Waals surface area contributed by atoms with Crippen LogP contribution in [0.3, 0.4) is 0 Å². The van der Waals surface area contributed by atoms with Gasteiger partial charge in [0, 0.05) is 26.1 Å². The third-order valence-electron chi connectivity index (χ3n) is 4.15. The van der Waals surface area contributed by atoms with Gasteiger partial charge in [-0.25, -0.2) is 4.68 Å². The highest BCUT2D eigenvalue weighted by Crippen LogP contribution is 2.27. The van der Waals surface area contributed by atoms with Gasteiger partial charge >= 0.3 is 0 Å². The van der Waals surface area contributed by atoms with E-state index in [4.69, 9.17) is 16.3 Å². The van der Waals surface area contributed by atoms with Crippen LogP contribution in [0, 0.1) is 5.92 Å². The van der Waals surface area contributed by atoms with Crippen molar-refractivity contribution in [3.63, 3.8) is 0 Å². The second-order valence-corrected chi connectivity index (χ2v) is 6.23. The fraction of sp³-hybridized carbons (Fsp3) is 0.412. The summed E-state index contributed by atoms with van der Waals surface area (Å²) in [7, 11) is 1.60. The molecule has 0 radical (unpaired) electrons. The Kier molecular flexibility index (Phi) is 4.86. The molecule has 23 heavy (non-hydrogen) atoms. The second kappa shape index (κ2) is 7.04. The maximum atomic E-state index is 11.9. The number of aryl methyl sites for hydroxylation is 1. The van der Waals surface area contributed by atoms with Crippen molar-refractivity contribution >= 4 is 17.3 Å². The Labute approximate surface area is 140 Å². The van der Waals surface area contributed by atoms with Crippen LogP contribution in [0.2, 0.25) is 5.02 Å². The zero-order valence-electron chi connectivity index (χ0n) is 13.1. The molecule has 0 saturated carbocycles. The molecule has 122 valence electrons. The van der Waals surface area contributed by atoms with Crippen LogP contribution in [-0.4, -0.2) is 29.5 Å². The van der Waals surface area contributed by atoms with Gasteiger partial charge in [-0.1, -0.05) is 29.8 Å². The van der Waals surface area contributed by atoms with Crippen molar-refractivity contribution in [2.45, 2.75) is 12.8 Å². The van der Waals surface area contributed by atoms with Crippen LogP contribution in [0.5, 0.6) is 5.75 Å². The fourth-order valence-electron chi connectivity index (χ4n) is 2.87. The Morgan fingerprint density at radius 3 is 2.91 bits per heavy atom. The van der Waals surface area contributed by atoms with Gasteiger partial charge in [-0.15, -0.1) is 0 Å². The number of halogens is 1. The molecule has 2 heterocycles. The van der Waals surface area contributed by atoms with Crippen molar-refractivity contribution < 1.29 is 4.74 Å². The highest BCUT2D eigenvalue weighted by Gasteiger charge is 2.23. The quantitative estimate of drug-likeness (QED) is 0.863. The van der Waals surface area contributed by atoms with Crippen molar-refractivity contribution in [2.75, 3.05) is 24.6 Å². The van der Waals surface area contributed by atoms with Crippen molar-refractivity contribution in [3.8, 4) is 5.75 Å².